The number of aryl methyl sites for hydroxylation is 1. The molecule has 9 nitrogen and oxygen atoms in total. The average Bonchev–Trinajstić information content (AvgIpc) is 3.46. The van der Waals surface area contributed by atoms with Gasteiger partial charge in [-0.1, -0.05) is 24.6 Å². The van der Waals surface area contributed by atoms with Crippen molar-refractivity contribution in [3.8, 4) is 11.3 Å². The second-order valence-electron chi connectivity index (χ2n) is 9.89. The van der Waals surface area contributed by atoms with Crippen LogP contribution in [0.15, 0.2) is 36.7 Å². The molecular weight excluding hydrogens is 499 g/mol. The molecule has 1 saturated carbocycles. The molecule has 0 saturated heterocycles. The van der Waals surface area contributed by atoms with Gasteiger partial charge >= 0.3 is 6.18 Å². The van der Waals surface area contributed by atoms with Crippen LogP contribution >= 0.6 is 0 Å². The molecule has 38 heavy (non-hydrogen) atoms. The van der Waals surface area contributed by atoms with Crippen molar-refractivity contribution < 1.29 is 23.1 Å². The Morgan fingerprint density at radius 1 is 1.24 bits per heavy atom. The van der Waals surface area contributed by atoms with Gasteiger partial charge in [0, 0.05) is 23.9 Å². The normalized spacial score (nSPS) is 16.7. The fraction of sp³-hybridized carbons (Fsp3) is 0.423. The Morgan fingerprint density at radius 3 is 2.61 bits per heavy atom. The molecule has 5 rings (SSSR count). The lowest BCUT2D eigenvalue weighted by molar-refractivity contribution is -0.141. The van der Waals surface area contributed by atoms with Crippen molar-refractivity contribution in [3.05, 3.63) is 59.4 Å². The number of benzene rings is 1. The van der Waals surface area contributed by atoms with Crippen molar-refractivity contribution in [2.75, 3.05) is 0 Å². The summed E-state index contributed by atoms with van der Waals surface area (Å²) in [6.07, 6.45) is -1.11. The molecular formula is C26H28F3N7O2. The molecule has 1 aliphatic rings. The molecule has 200 valence electrons. The van der Waals surface area contributed by atoms with Gasteiger partial charge in [0.2, 0.25) is 5.91 Å². The van der Waals surface area contributed by atoms with Crippen molar-refractivity contribution in [3.63, 3.8) is 0 Å². The second kappa shape index (κ2) is 9.82. The molecule has 1 fully saturated rings. The Morgan fingerprint density at radius 2 is 2.00 bits per heavy atom. The number of nitrogens with zero attached hydrogens (tertiary/aromatic N) is 5. The first kappa shape index (κ1) is 25.8. The Hall–Kier alpha value is -3.80. The molecule has 4 aromatic rings. The molecule has 1 aromatic carbocycles. The summed E-state index contributed by atoms with van der Waals surface area (Å²) in [5.74, 6) is 0.519. The number of alkyl halides is 3. The van der Waals surface area contributed by atoms with Gasteiger partial charge in [-0.15, -0.1) is 10.2 Å². The smallest absolute Gasteiger partial charge is 0.384 e. The summed E-state index contributed by atoms with van der Waals surface area (Å²) < 4.78 is 43.5. The first-order valence-corrected chi connectivity index (χ1v) is 12.4. The van der Waals surface area contributed by atoms with Crippen molar-refractivity contribution in [1.29, 1.82) is 0 Å². The summed E-state index contributed by atoms with van der Waals surface area (Å²) in [7, 11) is 1.90. The first-order valence-electron chi connectivity index (χ1n) is 12.4. The van der Waals surface area contributed by atoms with E-state index in [9.17, 15) is 23.1 Å². The summed E-state index contributed by atoms with van der Waals surface area (Å²) in [6.45, 7) is 2.78. The van der Waals surface area contributed by atoms with Crippen LogP contribution in [0.25, 0.3) is 22.2 Å². The molecule has 0 aliphatic heterocycles. The van der Waals surface area contributed by atoms with E-state index in [0.717, 1.165) is 36.7 Å². The lowest BCUT2D eigenvalue weighted by atomic mass is 9.72. The maximum Gasteiger partial charge on any atom is 0.433 e. The van der Waals surface area contributed by atoms with Gasteiger partial charge in [0.15, 0.2) is 0 Å². The van der Waals surface area contributed by atoms with Gasteiger partial charge in [-0.2, -0.15) is 18.3 Å². The predicted molar refractivity (Wildman–Crippen MR) is 133 cm³/mol. The Kier molecular flexibility index (Phi) is 6.68. The number of halogens is 3. The number of rotatable bonds is 7. The van der Waals surface area contributed by atoms with E-state index in [1.54, 1.807) is 12.4 Å². The standard InChI is InChI=1S/C26H28F3N7O2/c1-13(31-25(38)14(2)37)21-23-18(11-19(32-21)26(27,28)29)22(33-34-23)17-9-5-8-16(10-17)20(15-6-4-7-15)24-35-30-12-36(24)3/h5,8-15,20,37H,4,6-7H2,1-3H3,(H,31,38)(H,33,34)/t13-,14-,20-/m1/s1. The van der Waals surface area contributed by atoms with Gasteiger partial charge in [0.05, 0.1) is 17.3 Å². The molecule has 3 N–H and O–H groups in total. The number of hydrogen-bond acceptors (Lipinski definition) is 6. The summed E-state index contributed by atoms with van der Waals surface area (Å²) in [5.41, 5.74) is 1.14. The number of hydrogen-bond donors (Lipinski definition) is 3. The van der Waals surface area contributed by atoms with Crippen molar-refractivity contribution >= 4 is 16.8 Å². The zero-order valence-electron chi connectivity index (χ0n) is 21.1. The number of aliphatic hydroxyl groups is 1. The lowest BCUT2D eigenvalue weighted by Crippen LogP contribution is -2.35. The highest BCUT2D eigenvalue weighted by molar-refractivity contribution is 5.95. The summed E-state index contributed by atoms with van der Waals surface area (Å²) >= 11 is 0. The van der Waals surface area contributed by atoms with Crippen LogP contribution in [0.5, 0.6) is 0 Å². The van der Waals surface area contributed by atoms with E-state index in [4.69, 9.17) is 0 Å². The number of carbonyl (C=O) groups is 1. The number of aliphatic hydroxyl groups excluding tert-OH is 1. The number of amides is 1. The minimum atomic E-state index is -4.71. The van der Waals surface area contributed by atoms with E-state index >= 15 is 0 Å². The van der Waals surface area contributed by atoms with Gasteiger partial charge < -0.3 is 15.0 Å². The summed E-state index contributed by atoms with van der Waals surface area (Å²) in [5, 5.41) is 27.9. The van der Waals surface area contributed by atoms with Crippen LogP contribution in [0.3, 0.4) is 0 Å². The molecule has 1 aliphatic carbocycles. The molecule has 3 atom stereocenters. The Bertz CT molecular complexity index is 1470. The van der Waals surface area contributed by atoms with Gasteiger partial charge in [-0.05, 0) is 50.3 Å². The fourth-order valence-corrected chi connectivity index (χ4v) is 4.98. The number of aromatic nitrogens is 6. The van der Waals surface area contributed by atoms with E-state index in [-0.39, 0.29) is 22.5 Å². The van der Waals surface area contributed by atoms with Crippen LogP contribution in [0.2, 0.25) is 0 Å². The fourth-order valence-electron chi connectivity index (χ4n) is 4.98. The summed E-state index contributed by atoms with van der Waals surface area (Å²) in [4.78, 5) is 15.8. The van der Waals surface area contributed by atoms with Crippen LogP contribution in [0.1, 0.15) is 67.8 Å². The zero-order chi connectivity index (χ0) is 27.2. The minimum Gasteiger partial charge on any atom is -0.384 e. The number of pyridine rings is 1. The Labute approximate surface area is 216 Å². The maximum atomic E-state index is 13.9. The highest BCUT2D eigenvalue weighted by Gasteiger charge is 2.36. The van der Waals surface area contributed by atoms with E-state index in [0.29, 0.717) is 17.2 Å². The molecule has 0 unspecified atom stereocenters. The molecule has 0 spiro atoms. The SMILES string of the molecule is C[C@@H](O)C(=O)N[C@H](C)c1nc(C(F)(F)F)cc2c(-c3cccc([C@H](c4nncn4C)C4CCC4)c3)n[nH]c12. The van der Waals surface area contributed by atoms with Crippen molar-refractivity contribution in [2.24, 2.45) is 13.0 Å². The average molecular weight is 528 g/mol. The number of nitrogens with one attached hydrogen (secondary N) is 2. The Balaban J connectivity index is 1.61. The number of H-pyrrole nitrogens is 1. The third kappa shape index (κ3) is 4.75. The minimum absolute atomic E-state index is 0.0000701. The van der Waals surface area contributed by atoms with E-state index < -0.39 is 29.9 Å². The molecule has 0 bridgehead atoms. The summed E-state index contributed by atoms with van der Waals surface area (Å²) in [6, 6.07) is 7.67. The van der Waals surface area contributed by atoms with Crippen LogP contribution in [-0.2, 0) is 18.0 Å². The number of carbonyl (C=O) groups excluding carboxylic acids is 1. The second-order valence-corrected chi connectivity index (χ2v) is 9.89. The largest absolute Gasteiger partial charge is 0.433 e. The van der Waals surface area contributed by atoms with Gasteiger partial charge in [0.1, 0.15) is 29.6 Å². The van der Waals surface area contributed by atoms with E-state index in [1.165, 1.54) is 13.8 Å². The van der Waals surface area contributed by atoms with E-state index in [2.05, 4.69) is 30.7 Å². The quantitative estimate of drug-likeness (QED) is 0.330. The van der Waals surface area contributed by atoms with Gasteiger partial charge in [-0.25, -0.2) is 4.98 Å². The third-order valence-corrected chi connectivity index (χ3v) is 7.19. The first-order chi connectivity index (χ1) is 18.0. The van der Waals surface area contributed by atoms with Crippen LogP contribution in [0.4, 0.5) is 13.2 Å². The number of aromatic amines is 1. The van der Waals surface area contributed by atoms with Crippen molar-refractivity contribution in [1.82, 2.24) is 35.3 Å². The monoisotopic (exact) mass is 527 g/mol. The topological polar surface area (TPSA) is 122 Å². The van der Waals surface area contributed by atoms with Gasteiger partial charge in [-0.3, -0.25) is 9.89 Å². The van der Waals surface area contributed by atoms with Gasteiger partial charge in [0.25, 0.3) is 0 Å². The van der Waals surface area contributed by atoms with Crippen LogP contribution < -0.4 is 5.32 Å². The number of fused-ring (bicyclic) bond motifs is 1. The predicted octanol–water partition coefficient (Wildman–Crippen LogP) is 4.26. The zero-order valence-corrected chi connectivity index (χ0v) is 21.1. The maximum absolute atomic E-state index is 13.9. The molecule has 0 radical (unpaired) electrons. The third-order valence-electron chi connectivity index (χ3n) is 7.19. The van der Waals surface area contributed by atoms with Crippen molar-refractivity contribution in [2.45, 2.75) is 57.3 Å². The molecule has 12 heteroatoms. The van der Waals surface area contributed by atoms with Crippen LogP contribution in [-0.4, -0.2) is 47.1 Å². The highest BCUT2D eigenvalue weighted by atomic mass is 19.4. The van der Waals surface area contributed by atoms with Crippen LogP contribution in [0, 0.1) is 5.92 Å². The highest BCUT2D eigenvalue weighted by Crippen LogP contribution is 2.43. The van der Waals surface area contributed by atoms with E-state index in [1.807, 2.05) is 29.8 Å². The molecule has 1 amide bonds. The molecule has 3 aromatic heterocycles. The lowest BCUT2D eigenvalue weighted by Gasteiger charge is -2.33. The molecule has 3 heterocycles.